The normalized spacial score (nSPS) is 17.6. The topological polar surface area (TPSA) is 55.9 Å². The van der Waals surface area contributed by atoms with Crippen molar-refractivity contribution in [2.75, 3.05) is 38.0 Å². The summed E-state index contributed by atoms with van der Waals surface area (Å²) in [6, 6.07) is 36.3. The Morgan fingerprint density at radius 1 is 0.841 bits per heavy atom. The van der Waals surface area contributed by atoms with Gasteiger partial charge in [-0.2, -0.15) is 0 Å². The molecule has 0 saturated carbocycles. The van der Waals surface area contributed by atoms with Gasteiger partial charge in [0.1, 0.15) is 6.17 Å². The number of piperazine rings is 1. The van der Waals surface area contributed by atoms with Gasteiger partial charge in [-0.3, -0.25) is 14.5 Å². The lowest BCUT2D eigenvalue weighted by molar-refractivity contribution is 0.0647. The summed E-state index contributed by atoms with van der Waals surface area (Å²) in [6.45, 7) is 6.16. The van der Waals surface area contributed by atoms with E-state index in [0.717, 1.165) is 62.4 Å². The number of benzene rings is 4. The van der Waals surface area contributed by atoms with E-state index in [-0.39, 0.29) is 24.0 Å². The summed E-state index contributed by atoms with van der Waals surface area (Å²) in [7, 11) is 0. The van der Waals surface area contributed by atoms with Crippen LogP contribution in [-0.4, -0.2) is 65.3 Å². The van der Waals surface area contributed by atoms with Crippen LogP contribution in [0.2, 0.25) is 0 Å². The van der Waals surface area contributed by atoms with Gasteiger partial charge in [0.25, 0.3) is 11.8 Å². The number of hydrogen-bond donors (Lipinski definition) is 1. The summed E-state index contributed by atoms with van der Waals surface area (Å²) in [4.78, 5) is 33.2. The highest BCUT2D eigenvalue weighted by Gasteiger charge is 2.39. The van der Waals surface area contributed by atoms with Crippen molar-refractivity contribution < 1.29 is 9.59 Å². The maximum absolute atomic E-state index is 13.5. The van der Waals surface area contributed by atoms with Crippen LogP contribution in [0.15, 0.2) is 115 Å². The lowest BCUT2D eigenvalue weighted by Crippen LogP contribution is -2.48. The molecule has 2 unspecified atom stereocenters. The van der Waals surface area contributed by atoms with Gasteiger partial charge >= 0.3 is 0 Å². The molecule has 2 atom stereocenters. The summed E-state index contributed by atoms with van der Waals surface area (Å²) in [5, 5.41) is 3.61. The molecule has 0 radical (unpaired) electrons. The van der Waals surface area contributed by atoms with E-state index in [1.165, 1.54) is 11.1 Å². The van der Waals surface area contributed by atoms with Crippen LogP contribution >= 0.6 is 0 Å². The summed E-state index contributed by atoms with van der Waals surface area (Å²) in [6.07, 6.45) is 5.85. The molecule has 2 aliphatic rings. The number of nitrogens with one attached hydrogen (secondary N) is 1. The summed E-state index contributed by atoms with van der Waals surface area (Å²) in [5.41, 5.74) is 5.77. The Kier molecular flexibility index (Phi) is 9.18. The number of aryl methyl sites for hydroxylation is 1. The largest absolute Gasteiger partial charge is 0.361 e. The number of carbonyl (C=O) groups excluding carboxylic acids is 2. The average Bonchev–Trinajstić information content (AvgIpc) is 3.35. The number of carbonyl (C=O) groups is 2. The van der Waals surface area contributed by atoms with E-state index in [2.05, 4.69) is 65.7 Å². The Morgan fingerprint density at radius 3 is 2.23 bits per heavy atom. The molecule has 224 valence electrons. The van der Waals surface area contributed by atoms with Crippen molar-refractivity contribution in [3.63, 3.8) is 0 Å². The van der Waals surface area contributed by atoms with Crippen LogP contribution in [0, 0.1) is 0 Å². The molecule has 2 heterocycles. The van der Waals surface area contributed by atoms with Crippen molar-refractivity contribution in [1.82, 2.24) is 14.7 Å². The zero-order valence-electron chi connectivity index (χ0n) is 25.3. The average molecular weight is 585 g/mol. The Labute approximate surface area is 260 Å². The molecule has 6 heteroatoms. The van der Waals surface area contributed by atoms with Gasteiger partial charge in [-0.05, 0) is 61.2 Å². The minimum atomic E-state index is -0.268. The van der Waals surface area contributed by atoms with Crippen molar-refractivity contribution >= 4 is 23.6 Å². The second kappa shape index (κ2) is 13.7. The molecule has 1 N–H and O–H groups in total. The van der Waals surface area contributed by atoms with E-state index in [9.17, 15) is 9.59 Å². The summed E-state index contributed by atoms with van der Waals surface area (Å²) in [5.74, 6) is 0.119. The lowest BCUT2D eigenvalue weighted by Gasteiger charge is -2.34. The smallest absolute Gasteiger partial charge is 0.256 e. The number of nitrogens with zero attached hydrogens (tertiary/aromatic N) is 3. The quantitative estimate of drug-likeness (QED) is 0.224. The molecule has 1 saturated heterocycles. The Hall–Kier alpha value is -4.68. The van der Waals surface area contributed by atoms with E-state index < -0.39 is 0 Å². The van der Waals surface area contributed by atoms with E-state index in [1.807, 2.05) is 82.6 Å². The number of anilines is 1. The molecule has 44 heavy (non-hydrogen) atoms. The molecule has 0 aliphatic carbocycles. The van der Waals surface area contributed by atoms with Crippen molar-refractivity contribution in [1.29, 1.82) is 0 Å². The van der Waals surface area contributed by atoms with Crippen molar-refractivity contribution in [3.05, 3.63) is 143 Å². The first kappa shape index (κ1) is 29.4. The molecule has 2 amide bonds. The SMILES string of the molecule is CC(CCc1ccccc1)N1C(=O)c2ccccc2C1Nc1ccc(C(=O)N2CCN(CC=Cc3ccccc3)CC2)cc1. The monoisotopic (exact) mass is 584 g/mol. The second-order valence-corrected chi connectivity index (χ2v) is 11.7. The van der Waals surface area contributed by atoms with Crippen LogP contribution in [0.4, 0.5) is 5.69 Å². The predicted octanol–water partition coefficient (Wildman–Crippen LogP) is 6.75. The second-order valence-electron chi connectivity index (χ2n) is 11.7. The zero-order chi connectivity index (χ0) is 30.3. The summed E-state index contributed by atoms with van der Waals surface area (Å²) >= 11 is 0. The van der Waals surface area contributed by atoms with Crippen LogP contribution in [0.3, 0.4) is 0 Å². The third kappa shape index (κ3) is 6.76. The first-order valence-electron chi connectivity index (χ1n) is 15.6. The predicted molar refractivity (Wildman–Crippen MR) is 177 cm³/mol. The minimum Gasteiger partial charge on any atom is -0.361 e. The Balaban J connectivity index is 1.06. The minimum absolute atomic E-state index is 0.0425. The van der Waals surface area contributed by atoms with Crippen molar-refractivity contribution in [3.8, 4) is 0 Å². The molecule has 4 aromatic rings. The number of fused-ring (bicyclic) bond motifs is 1. The molecule has 0 aromatic heterocycles. The standard InChI is InChI=1S/C38H40N4O2/c1-29(18-19-31-13-6-3-7-14-31)42-36(34-16-8-9-17-35(34)38(42)44)39-33-22-20-32(21-23-33)37(43)41-27-25-40(26-28-41)24-10-15-30-11-4-2-5-12-30/h2-17,20-23,29,36,39H,18-19,24-28H2,1H3. The molecule has 4 aromatic carbocycles. The maximum atomic E-state index is 13.5. The lowest BCUT2D eigenvalue weighted by atomic mass is 10.0. The van der Waals surface area contributed by atoms with Gasteiger partial charge in [0.05, 0.1) is 0 Å². The molecule has 6 nitrogen and oxygen atoms in total. The highest BCUT2D eigenvalue weighted by molar-refractivity contribution is 6.00. The van der Waals surface area contributed by atoms with Crippen LogP contribution < -0.4 is 5.32 Å². The molecule has 2 aliphatic heterocycles. The molecular formula is C38H40N4O2. The first-order chi connectivity index (χ1) is 21.6. The zero-order valence-corrected chi connectivity index (χ0v) is 25.3. The van der Waals surface area contributed by atoms with Gasteiger partial charge in [-0.25, -0.2) is 0 Å². The third-order valence-electron chi connectivity index (χ3n) is 8.74. The first-order valence-corrected chi connectivity index (χ1v) is 15.6. The fraction of sp³-hybridized carbons (Fsp3) is 0.263. The van der Waals surface area contributed by atoms with E-state index in [0.29, 0.717) is 5.56 Å². The van der Waals surface area contributed by atoms with E-state index in [1.54, 1.807) is 0 Å². The van der Waals surface area contributed by atoms with Crippen LogP contribution in [0.5, 0.6) is 0 Å². The van der Waals surface area contributed by atoms with Gasteiger partial charge in [0.2, 0.25) is 0 Å². The van der Waals surface area contributed by atoms with Crippen molar-refractivity contribution in [2.24, 2.45) is 0 Å². The van der Waals surface area contributed by atoms with E-state index in [4.69, 9.17) is 0 Å². The molecule has 6 rings (SSSR count). The fourth-order valence-corrected chi connectivity index (χ4v) is 6.18. The maximum Gasteiger partial charge on any atom is 0.256 e. The number of amides is 2. The van der Waals surface area contributed by atoms with Gasteiger partial charge < -0.3 is 15.1 Å². The fourth-order valence-electron chi connectivity index (χ4n) is 6.18. The molecule has 1 fully saturated rings. The third-order valence-corrected chi connectivity index (χ3v) is 8.74. The Bertz CT molecular complexity index is 1580. The van der Waals surface area contributed by atoms with Crippen LogP contribution in [-0.2, 0) is 6.42 Å². The van der Waals surface area contributed by atoms with E-state index >= 15 is 0 Å². The van der Waals surface area contributed by atoms with Gasteiger partial charge in [0.15, 0.2) is 0 Å². The molecule has 0 bridgehead atoms. The van der Waals surface area contributed by atoms with Crippen molar-refractivity contribution in [2.45, 2.75) is 32.0 Å². The van der Waals surface area contributed by atoms with Gasteiger partial charge in [-0.1, -0.05) is 91.0 Å². The molecule has 0 spiro atoms. The van der Waals surface area contributed by atoms with Crippen LogP contribution in [0.25, 0.3) is 6.08 Å². The van der Waals surface area contributed by atoms with Gasteiger partial charge in [-0.15, -0.1) is 0 Å². The van der Waals surface area contributed by atoms with Gasteiger partial charge in [0, 0.05) is 61.1 Å². The number of hydrogen-bond acceptors (Lipinski definition) is 4. The highest BCUT2D eigenvalue weighted by Crippen LogP contribution is 2.36. The van der Waals surface area contributed by atoms with Crippen LogP contribution in [0.1, 0.15) is 56.9 Å². The molecular weight excluding hydrogens is 544 g/mol. The number of rotatable bonds is 10. The Morgan fingerprint density at radius 2 is 1.50 bits per heavy atom. The highest BCUT2D eigenvalue weighted by atomic mass is 16.2. The summed E-state index contributed by atoms with van der Waals surface area (Å²) < 4.78 is 0.